The van der Waals surface area contributed by atoms with Gasteiger partial charge in [0, 0.05) is 39.2 Å². The summed E-state index contributed by atoms with van der Waals surface area (Å²) in [6.07, 6.45) is 5.19. The summed E-state index contributed by atoms with van der Waals surface area (Å²) in [5, 5.41) is 13.4. The normalized spacial score (nSPS) is 12.2. The number of aliphatic hydroxyl groups is 1. The van der Waals surface area contributed by atoms with Crippen LogP contribution in [0.5, 0.6) is 5.75 Å². The number of hydrogen-bond donors (Lipinski definition) is 2. The molecule has 10 heteroatoms. The van der Waals surface area contributed by atoms with Crippen LogP contribution in [0, 0.1) is 0 Å². The second-order valence-electron chi connectivity index (χ2n) is 8.74. The number of ketones is 1. The number of hydrogen-bond acceptors (Lipinski definition) is 7. The van der Waals surface area contributed by atoms with Gasteiger partial charge in [0.2, 0.25) is 0 Å². The minimum atomic E-state index is -0.693. The Morgan fingerprint density at radius 3 is 2.57 bits per heavy atom. The van der Waals surface area contributed by atoms with Crippen molar-refractivity contribution in [1.82, 2.24) is 24.0 Å². The molecule has 190 valence electrons. The Morgan fingerprint density at radius 1 is 1.11 bits per heavy atom. The highest BCUT2D eigenvalue weighted by atomic mass is 16.5. The number of aliphatic hydroxyl groups excluding tert-OH is 1. The number of Topliss-reactive ketones (excluding diaryl/α,β-unsaturated/α-hetero) is 1. The van der Waals surface area contributed by atoms with Crippen molar-refractivity contribution in [3.8, 4) is 5.75 Å². The van der Waals surface area contributed by atoms with E-state index < -0.39 is 11.8 Å². The maximum absolute atomic E-state index is 12.5. The van der Waals surface area contributed by atoms with Crippen LogP contribution in [0.1, 0.15) is 49.4 Å². The number of nitrogens with one attached hydrogen (secondary N) is 1. The summed E-state index contributed by atoms with van der Waals surface area (Å²) in [5.74, 6) is 0.749. The molecule has 0 saturated carbocycles. The molecule has 0 saturated heterocycles. The Labute approximate surface area is 204 Å². The van der Waals surface area contributed by atoms with Gasteiger partial charge in [-0.05, 0) is 43.7 Å². The zero-order valence-corrected chi connectivity index (χ0v) is 20.7. The molecule has 0 aliphatic carbocycles. The molecule has 0 fully saturated rings. The highest BCUT2D eigenvalue weighted by molar-refractivity contribution is 5.96. The third-order valence-corrected chi connectivity index (χ3v) is 5.98. The summed E-state index contributed by atoms with van der Waals surface area (Å²) >= 11 is 0. The van der Waals surface area contributed by atoms with Crippen LogP contribution in [0.2, 0.25) is 0 Å². The van der Waals surface area contributed by atoms with Crippen molar-refractivity contribution in [2.45, 2.75) is 51.7 Å². The van der Waals surface area contributed by atoms with E-state index in [1.54, 1.807) is 42.2 Å². The number of rotatable bonds is 14. The molecule has 3 aromatic rings. The lowest BCUT2D eigenvalue weighted by atomic mass is 10.0. The fourth-order valence-corrected chi connectivity index (χ4v) is 3.88. The molecule has 0 radical (unpaired) electrons. The molecule has 0 bridgehead atoms. The summed E-state index contributed by atoms with van der Waals surface area (Å²) in [6.45, 7) is 3.77. The van der Waals surface area contributed by atoms with E-state index in [1.165, 1.54) is 11.6 Å². The first kappa shape index (κ1) is 26.4. The standard InChI is InChI=1S/C25H35N5O5/c1-4-5-6-8-21(32)18-9-11-20(12-10-18)35-16-19(31)15-26-13-7-14-30-17-27-23-22(30)24(33)29(3)25(34)28(23)2/h9-12,17,19,26,31H,4-8,13-16H2,1-3H3. The van der Waals surface area contributed by atoms with Gasteiger partial charge in [-0.25, -0.2) is 9.78 Å². The quantitative estimate of drug-likeness (QED) is 0.263. The Balaban J connectivity index is 1.38. The van der Waals surface area contributed by atoms with Gasteiger partial charge in [-0.15, -0.1) is 0 Å². The fourth-order valence-electron chi connectivity index (χ4n) is 3.88. The number of benzene rings is 1. The van der Waals surface area contributed by atoms with Gasteiger partial charge < -0.3 is 19.7 Å². The van der Waals surface area contributed by atoms with Crippen LogP contribution in [0.4, 0.5) is 0 Å². The van der Waals surface area contributed by atoms with Gasteiger partial charge >= 0.3 is 5.69 Å². The van der Waals surface area contributed by atoms with Crippen molar-refractivity contribution in [3.05, 3.63) is 57.0 Å². The van der Waals surface area contributed by atoms with Crippen LogP contribution in [-0.4, -0.2) is 55.4 Å². The van der Waals surface area contributed by atoms with E-state index >= 15 is 0 Å². The molecule has 0 amide bonds. The molecule has 3 rings (SSSR count). The average molecular weight is 486 g/mol. The second-order valence-corrected chi connectivity index (χ2v) is 8.74. The fraction of sp³-hybridized carbons (Fsp3) is 0.520. The highest BCUT2D eigenvalue weighted by Gasteiger charge is 2.14. The minimum Gasteiger partial charge on any atom is -0.491 e. The zero-order chi connectivity index (χ0) is 25.4. The zero-order valence-electron chi connectivity index (χ0n) is 20.7. The van der Waals surface area contributed by atoms with Gasteiger partial charge in [-0.1, -0.05) is 19.8 Å². The van der Waals surface area contributed by atoms with E-state index in [2.05, 4.69) is 17.2 Å². The molecular weight excluding hydrogens is 450 g/mol. The van der Waals surface area contributed by atoms with Crippen molar-refractivity contribution in [2.75, 3.05) is 19.7 Å². The van der Waals surface area contributed by atoms with E-state index in [-0.39, 0.29) is 17.9 Å². The number of aryl methyl sites for hydroxylation is 2. The summed E-state index contributed by atoms with van der Waals surface area (Å²) in [7, 11) is 3.05. The lowest BCUT2D eigenvalue weighted by molar-refractivity contribution is 0.0978. The van der Waals surface area contributed by atoms with Crippen LogP contribution in [0.25, 0.3) is 11.2 Å². The van der Waals surface area contributed by atoms with Gasteiger partial charge in [0.05, 0.1) is 6.33 Å². The third kappa shape index (κ3) is 6.67. The topological polar surface area (TPSA) is 120 Å². The number of ether oxygens (including phenoxy) is 1. The first-order chi connectivity index (χ1) is 16.8. The number of unbranched alkanes of at least 4 members (excludes halogenated alkanes) is 2. The van der Waals surface area contributed by atoms with Crippen molar-refractivity contribution in [3.63, 3.8) is 0 Å². The minimum absolute atomic E-state index is 0.132. The number of imidazole rings is 1. The van der Waals surface area contributed by atoms with E-state index in [0.29, 0.717) is 55.0 Å². The van der Waals surface area contributed by atoms with Crippen LogP contribution in [0.3, 0.4) is 0 Å². The van der Waals surface area contributed by atoms with Gasteiger partial charge in [-0.2, -0.15) is 0 Å². The molecule has 1 atom stereocenters. The Morgan fingerprint density at radius 2 is 1.86 bits per heavy atom. The van der Waals surface area contributed by atoms with E-state index in [4.69, 9.17) is 4.74 Å². The first-order valence-corrected chi connectivity index (χ1v) is 12.1. The maximum atomic E-state index is 12.5. The number of fused-ring (bicyclic) bond motifs is 1. The molecule has 2 N–H and O–H groups in total. The predicted molar refractivity (Wildman–Crippen MR) is 134 cm³/mol. The molecule has 2 aromatic heterocycles. The van der Waals surface area contributed by atoms with Crippen LogP contribution in [0.15, 0.2) is 40.2 Å². The number of aromatic nitrogens is 4. The molecule has 10 nitrogen and oxygen atoms in total. The molecule has 2 heterocycles. The van der Waals surface area contributed by atoms with Crippen LogP contribution >= 0.6 is 0 Å². The van der Waals surface area contributed by atoms with Gasteiger partial charge in [0.15, 0.2) is 16.9 Å². The highest BCUT2D eigenvalue weighted by Crippen LogP contribution is 2.15. The molecule has 0 aliphatic heterocycles. The van der Waals surface area contributed by atoms with E-state index in [0.717, 1.165) is 23.8 Å². The number of carbonyl (C=O) groups excluding carboxylic acids is 1. The SMILES string of the molecule is CCCCCC(=O)c1ccc(OCC(O)CNCCCn2cnc3c2c(=O)n(C)c(=O)n3C)cc1. The average Bonchev–Trinajstić information content (AvgIpc) is 3.29. The molecular formula is C25H35N5O5. The third-order valence-electron chi connectivity index (χ3n) is 5.98. The summed E-state index contributed by atoms with van der Waals surface area (Å²) in [5.41, 5.74) is 0.679. The number of nitrogens with zero attached hydrogens (tertiary/aromatic N) is 4. The smallest absolute Gasteiger partial charge is 0.332 e. The van der Waals surface area contributed by atoms with Crippen molar-refractivity contribution < 1.29 is 14.6 Å². The Bertz CT molecular complexity index is 1240. The monoisotopic (exact) mass is 485 g/mol. The summed E-state index contributed by atoms with van der Waals surface area (Å²) in [6, 6.07) is 7.03. The van der Waals surface area contributed by atoms with Crippen molar-refractivity contribution >= 4 is 16.9 Å². The first-order valence-electron chi connectivity index (χ1n) is 12.1. The molecule has 35 heavy (non-hydrogen) atoms. The predicted octanol–water partition coefficient (Wildman–Crippen LogP) is 1.62. The van der Waals surface area contributed by atoms with Gasteiger partial charge in [0.1, 0.15) is 18.5 Å². The van der Waals surface area contributed by atoms with Crippen molar-refractivity contribution in [2.24, 2.45) is 14.1 Å². The lowest BCUT2D eigenvalue weighted by Gasteiger charge is -2.14. The van der Waals surface area contributed by atoms with E-state index in [1.807, 2.05) is 0 Å². The van der Waals surface area contributed by atoms with Crippen LogP contribution in [-0.2, 0) is 20.6 Å². The molecule has 0 spiro atoms. The Hall–Kier alpha value is -3.24. The van der Waals surface area contributed by atoms with Crippen molar-refractivity contribution in [1.29, 1.82) is 0 Å². The Kier molecular flexibility index (Phi) is 9.39. The van der Waals surface area contributed by atoms with Crippen LogP contribution < -0.4 is 21.3 Å². The molecule has 1 aromatic carbocycles. The summed E-state index contributed by atoms with van der Waals surface area (Å²) in [4.78, 5) is 40.8. The maximum Gasteiger partial charge on any atom is 0.332 e. The molecule has 1 unspecified atom stereocenters. The van der Waals surface area contributed by atoms with Gasteiger partial charge in [-0.3, -0.25) is 18.7 Å². The molecule has 0 aliphatic rings. The van der Waals surface area contributed by atoms with Gasteiger partial charge in [0.25, 0.3) is 5.56 Å². The largest absolute Gasteiger partial charge is 0.491 e. The number of carbonyl (C=O) groups is 1. The second kappa shape index (κ2) is 12.5. The summed E-state index contributed by atoms with van der Waals surface area (Å²) < 4.78 is 9.82. The van der Waals surface area contributed by atoms with E-state index in [9.17, 15) is 19.5 Å². The lowest BCUT2D eigenvalue weighted by Crippen LogP contribution is -2.37.